The molecule has 2 aromatic carbocycles. The lowest BCUT2D eigenvalue weighted by atomic mass is 10.1. The first-order valence-electron chi connectivity index (χ1n) is 10.2. The summed E-state index contributed by atoms with van der Waals surface area (Å²) in [5, 5.41) is 4.21. The number of nitrogens with zero attached hydrogens (tertiary/aromatic N) is 3. The van der Waals surface area contributed by atoms with E-state index in [-0.39, 0.29) is 5.43 Å². The molecule has 29 heavy (non-hydrogen) atoms. The second-order valence-electron chi connectivity index (χ2n) is 7.75. The summed E-state index contributed by atoms with van der Waals surface area (Å²) in [5.74, 6) is 0. The van der Waals surface area contributed by atoms with E-state index < -0.39 is 0 Å². The summed E-state index contributed by atoms with van der Waals surface area (Å²) in [5.41, 5.74) is 5.40. The van der Waals surface area contributed by atoms with E-state index in [0.717, 1.165) is 36.5 Å². The van der Waals surface area contributed by atoms with Gasteiger partial charge in [-0.2, -0.15) is 5.10 Å². The fraction of sp³-hybridized carbons (Fsp3) is 0.280. The zero-order valence-corrected chi connectivity index (χ0v) is 16.9. The Hall–Kier alpha value is -3.14. The molecule has 1 fully saturated rings. The van der Waals surface area contributed by atoms with Crippen LogP contribution in [0.1, 0.15) is 35.2 Å². The Morgan fingerprint density at radius 3 is 2.28 bits per heavy atom. The van der Waals surface area contributed by atoms with Gasteiger partial charge in [0.25, 0.3) is 0 Å². The number of rotatable bonds is 2. The van der Waals surface area contributed by atoms with Gasteiger partial charge in [-0.1, -0.05) is 67.2 Å². The number of hydrogen-bond donors (Lipinski definition) is 0. The van der Waals surface area contributed by atoms with Gasteiger partial charge in [0.15, 0.2) is 0 Å². The number of benzene rings is 2. The van der Waals surface area contributed by atoms with Crippen LogP contribution in [0.25, 0.3) is 5.70 Å². The van der Waals surface area contributed by atoms with Gasteiger partial charge in [0.05, 0.1) is 24.1 Å². The molecular weight excluding hydrogens is 358 g/mol. The standard InChI is InChI=1S/C13H12.C12H15N3O/c1-3-7-12(8-4-1)11-13-9-5-2-6-10-13;1-8-11(16)6-13-15-7-10-4-3-5-14(10)9(2)12(8)15/h1-10H,11H2;6,10H,2-5,7H2,1H3. The van der Waals surface area contributed by atoms with Gasteiger partial charge in [-0.05, 0) is 37.3 Å². The van der Waals surface area contributed by atoms with Gasteiger partial charge >= 0.3 is 0 Å². The summed E-state index contributed by atoms with van der Waals surface area (Å²) in [6.45, 7) is 7.93. The molecule has 3 heterocycles. The highest BCUT2D eigenvalue weighted by Gasteiger charge is 2.33. The Kier molecular flexibility index (Phi) is 5.61. The van der Waals surface area contributed by atoms with Gasteiger partial charge in [-0.3, -0.25) is 9.48 Å². The van der Waals surface area contributed by atoms with Crippen LogP contribution >= 0.6 is 0 Å². The number of aromatic nitrogens is 2. The molecule has 0 spiro atoms. The lowest BCUT2D eigenvalue weighted by Crippen LogP contribution is -2.40. The molecule has 5 rings (SSSR count). The van der Waals surface area contributed by atoms with Crippen LogP contribution < -0.4 is 5.43 Å². The predicted molar refractivity (Wildman–Crippen MR) is 118 cm³/mol. The maximum absolute atomic E-state index is 11.6. The highest BCUT2D eigenvalue weighted by atomic mass is 16.1. The normalized spacial score (nSPS) is 17.2. The molecule has 3 aromatic rings. The average Bonchev–Trinajstić information content (AvgIpc) is 3.22. The van der Waals surface area contributed by atoms with Crippen molar-refractivity contribution in [1.29, 1.82) is 0 Å². The van der Waals surface area contributed by atoms with Gasteiger partial charge in [0.1, 0.15) is 0 Å². The van der Waals surface area contributed by atoms with Crippen molar-refractivity contribution in [2.45, 2.75) is 38.8 Å². The first-order chi connectivity index (χ1) is 14.1. The Morgan fingerprint density at radius 1 is 1.03 bits per heavy atom. The van der Waals surface area contributed by atoms with E-state index in [1.165, 1.54) is 30.2 Å². The summed E-state index contributed by atoms with van der Waals surface area (Å²) < 4.78 is 1.94. The Labute approximate surface area is 172 Å². The van der Waals surface area contributed by atoms with Gasteiger partial charge in [0.2, 0.25) is 5.43 Å². The zero-order valence-electron chi connectivity index (χ0n) is 16.9. The van der Waals surface area contributed by atoms with Crippen LogP contribution in [-0.2, 0) is 13.0 Å². The minimum atomic E-state index is 0.00467. The van der Waals surface area contributed by atoms with Crippen LogP contribution in [0, 0.1) is 6.92 Å². The van der Waals surface area contributed by atoms with Gasteiger partial charge < -0.3 is 4.90 Å². The minimum absolute atomic E-state index is 0.00467. The van der Waals surface area contributed by atoms with Crippen LogP contribution in [0.15, 0.2) is 78.2 Å². The smallest absolute Gasteiger partial charge is 0.203 e. The van der Waals surface area contributed by atoms with E-state index in [4.69, 9.17) is 0 Å². The van der Waals surface area contributed by atoms with Crippen molar-refractivity contribution in [3.8, 4) is 0 Å². The highest BCUT2D eigenvalue weighted by molar-refractivity contribution is 5.63. The van der Waals surface area contributed by atoms with Crippen molar-refractivity contribution in [2.24, 2.45) is 0 Å². The molecule has 1 atom stereocenters. The monoisotopic (exact) mass is 385 g/mol. The van der Waals surface area contributed by atoms with Crippen molar-refractivity contribution in [3.63, 3.8) is 0 Å². The molecule has 2 aliphatic rings. The molecule has 0 N–H and O–H groups in total. The first kappa shape index (κ1) is 19.2. The van der Waals surface area contributed by atoms with Crippen LogP contribution in [0.3, 0.4) is 0 Å². The van der Waals surface area contributed by atoms with Crippen LogP contribution in [-0.4, -0.2) is 27.3 Å². The molecule has 1 unspecified atom stereocenters. The summed E-state index contributed by atoms with van der Waals surface area (Å²) in [6, 6.07) is 21.6. The third-order valence-electron chi connectivity index (χ3n) is 5.77. The molecule has 0 amide bonds. The maximum Gasteiger partial charge on any atom is 0.203 e. The fourth-order valence-electron chi connectivity index (χ4n) is 4.23. The second-order valence-corrected chi connectivity index (χ2v) is 7.75. The lowest BCUT2D eigenvalue weighted by Gasteiger charge is -2.35. The van der Waals surface area contributed by atoms with E-state index in [1.54, 1.807) is 0 Å². The molecule has 148 valence electrons. The van der Waals surface area contributed by atoms with E-state index in [2.05, 4.69) is 77.2 Å². The molecule has 1 aromatic heterocycles. The first-order valence-corrected chi connectivity index (χ1v) is 10.2. The molecule has 1 saturated heterocycles. The predicted octanol–water partition coefficient (Wildman–Crippen LogP) is 4.28. The summed E-state index contributed by atoms with van der Waals surface area (Å²) in [7, 11) is 0. The van der Waals surface area contributed by atoms with Crippen molar-refractivity contribution >= 4 is 5.70 Å². The zero-order chi connectivity index (χ0) is 20.2. The quantitative estimate of drug-likeness (QED) is 0.661. The van der Waals surface area contributed by atoms with Gasteiger partial charge in [-0.25, -0.2) is 0 Å². The molecular formula is C25H27N3O. The largest absolute Gasteiger partial charge is 0.365 e. The molecule has 4 heteroatoms. The van der Waals surface area contributed by atoms with Crippen LogP contribution in [0.4, 0.5) is 0 Å². The highest BCUT2D eigenvalue weighted by Crippen LogP contribution is 2.32. The Morgan fingerprint density at radius 2 is 1.66 bits per heavy atom. The Bertz CT molecular complexity index is 1000. The summed E-state index contributed by atoms with van der Waals surface area (Å²) in [6.07, 6.45) is 4.85. The molecule has 0 bridgehead atoms. The molecule has 0 saturated carbocycles. The van der Waals surface area contributed by atoms with Crippen LogP contribution in [0.5, 0.6) is 0 Å². The minimum Gasteiger partial charge on any atom is -0.365 e. The molecule has 4 nitrogen and oxygen atoms in total. The number of fused-ring (bicyclic) bond motifs is 2. The third-order valence-corrected chi connectivity index (χ3v) is 5.77. The fourth-order valence-corrected chi connectivity index (χ4v) is 4.23. The average molecular weight is 386 g/mol. The van der Waals surface area contributed by atoms with Crippen molar-refractivity contribution in [2.75, 3.05) is 6.54 Å². The summed E-state index contributed by atoms with van der Waals surface area (Å²) in [4.78, 5) is 13.9. The second kappa shape index (κ2) is 8.48. The van der Waals surface area contributed by atoms with E-state index in [0.29, 0.717) is 6.04 Å². The third kappa shape index (κ3) is 4.16. The van der Waals surface area contributed by atoms with E-state index >= 15 is 0 Å². The van der Waals surface area contributed by atoms with Gasteiger partial charge in [0, 0.05) is 18.2 Å². The Balaban J connectivity index is 0.000000145. The molecule has 0 radical (unpaired) electrons. The van der Waals surface area contributed by atoms with E-state index in [1.807, 2.05) is 11.6 Å². The topological polar surface area (TPSA) is 38.1 Å². The molecule has 0 aliphatic carbocycles. The lowest BCUT2D eigenvalue weighted by molar-refractivity contribution is 0.289. The SMILES string of the molecule is C=C1c2c(C)c(=O)cnn2CC2CCCN12.c1ccc(Cc2ccccc2)cc1. The molecule has 2 aliphatic heterocycles. The number of hydrogen-bond acceptors (Lipinski definition) is 3. The van der Waals surface area contributed by atoms with Crippen molar-refractivity contribution in [1.82, 2.24) is 14.7 Å². The van der Waals surface area contributed by atoms with Crippen molar-refractivity contribution < 1.29 is 0 Å². The van der Waals surface area contributed by atoms with Crippen molar-refractivity contribution in [3.05, 3.63) is 106 Å². The van der Waals surface area contributed by atoms with Crippen LogP contribution in [0.2, 0.25) is 0 Å². The summed E-state index contributed by atoms with van der Waals surface area (Å²) >= 11 is 0. The van der Waals surface area contributed by atoms with E-state index in [9.17, 15) is 4.79 Å². The maximum atomic E-state index is 11.6. The van der Waals surface area contributed by atoms with Gasteiger partial charge in [-0.15, -0.1) is 0 Å².